The Hall–Kier alpha value is -2.68. The van der Waals surface area contributed by atoms with Gasteiger partial charge in [-0.05, 0) is 49.2 Å². The Bertz CT molecular complexity index is 1140. The Labute approximate surface area is 185 Å². The number of nitrogens with zero attached hydrogens (tertiary/aromatic N) is 2. The molecule has 7 nitrogen and oxygen atoms in total. The molecule has 1 aliphatic rings. The van der Waals surface area contributed by atoms with Gasteiger partial charge in [-0.2, -0.15) is 4.31 Å². The van der Waals surface area contributed by atoms with E-state index >= 15 is 0 Å². The Morgan fingerprint density at radius 2 is 1.77 bits per heavy atom. The van der Waals surface area contributed by atoms with E-state index in [1.54, 1.807) is 12.1 Å². The van der Waals surface area contributed by atoms with Crippen molar-refractivity contribution in [3.63, 3.8) is 0 Å². The molecule has 0 atom stereocenters. The molecular weight excluding hydrogens is 440 g/mol. The van der Waals surface area contributed by atoms with Gasteiger partial charge < -0.3 is 9.15 Å². The molecule has 31 heavy (non-hydrogen) atoms. The van der Waals surface area contributed by atoms with Crippen LogP contribution in [0.25, 0.3) is 11.5 Å². The molecule has 0 bridgehead atoms. The van der Waals surface area contributed by atoms with E-state index in [1.807, 2.05) is 30.3 Å². The number of carbonyl (C=O) groups excluding carboxylic acids is 1. The Morgan fingerprint density at radius 3 is 2.45 bits per heavy atom. The molecule has 0 saturated carbocycles. The fourth-order valence-electron chi connectivity index (χ4n) is 3.44. The molecule has 4 rings (SSSR count). The number of halogens is 1. The van der Waals surface area contributed by atoms with Crippen LogP contribution in [0.1, 0.15) is 18.5 Å². The van der Waals surface area contributed by atoms with E-state index in [0.717, 1.165) is 5.56 Å². The van der Waals surface area contributed by atoms with Gasteiger partial charge in [0.2, 0.25) is 15.9 Å². The van der Waals surface area contributed by atoms with E-state index in [2.05, 4.69) is 4.98 Å². The summed E-state index contributed by atoms with van der Waals surface area (Å²) in [5.41, 5.74) is 1.37. The van der Waals surface area contributed by atoms with Crippen molar-refractivity contribution in [3.8, 4) is 11.5 Å². The summed E-state index contributed by atoms with van der Waals surface area (Å²) < 4.78 is 37.7. The minimum absolute atomic E-state index is 0.0124. The summed E-state index contributed by atoms with van der Waals surface area (Å²) in [4.78, 5) is 17.0. The van der Waals surface area contributed by atoms with Gasteiger partial charge in [0.25, 0.3) is 0 Å². The second-order valence-electron chi connectivity index (χ2n) is 7.25. The van der Waals surface area contributed by atoms with E-state index in [9.17, 15) is 13.2 Å². The summed E-state index contributed by atoms with van der Waals surface area (Å²) in [6.45, 7) is 0.526. The summed E-state index contributed by atoms with van der Waals surface area (Å²) in [7, 11) is -3.61. The van der Waals surface area contributed by atoms with Crippen molar-refractivity contribution in [1.29, 1.82) is 0 Å². The Balaban J connectivity index is 1.30. The van der Waals surface area contributed by atoms with Crippen LogP contribution in [-0.2, 0) is 26.2 Å². The van der Waals surface area contributed by atoms with Gasteiger partial charge >= 0.3 is 5.97 Å². The molecular formula is C22H21ClN2O5S. The van der Waals surface area contributed by atoms with Crippen LogP contribution in [0.4, 0.5) is 0 Å². The van der Waals surface area contributed by atoms with E-state index in [0.29, 0.717) is 29.4 Å². The molecule has 1 saturated heterocycles. The van der Waals surface area contributed by atoms with E-state index in [-0.39, 0.29) is 36.5 Å². The van der Waals surface area contributed by atoms with Crippen LogP contribution >= 0.6 is 11.6 Å². The third-order valence-corrected chi connectivity index (χ3v) is 7.34. The largest absolute Gasteiger partial charge is 0.459 e. The van der Waals surface area contributed by atoms with Crippen molar-refractivity contribution >= 4 is 27.6 Å². The summed E-state index contributed by atoms with van der Waals surface area (Å²) in [6, 6.07) is 15.5. The van der Waals surface area contributed by atoms with Crippen molar-refractivity contribution < 1.29 is 22.4 Å². The fraction of sp³-hybridized carbons (Fsp3) is 0.273. The highest BCUT2D eigenvalue weighted by Gasteiger charge is 2.32. The fourth-order valence-corrected chi connectivity index (χ4v) is 5.03. The molecule has 162 valence electrons. The number of hydrogen-bond donors (Lipinski definition) is 0. The molecule has 1 fully saturated rings. The van der Waals surface area contributed by atoms with Crippen LogP contribution in [-0.4, -0.2) is 36.8 Å². The summed E-state index contributed by atoms with van der Waals surface area (Å²) >= 11 is 5.84. The molecule has 0 N–H and O–H groups in total. The number of sulfonamides is 1. The van der Waals surface area contributed by atoms with Gasteiger partial charge in [-0.3, -0.25) is 4.79 Å². The number of ether oxygens (including phenoxy) is 1. The number of benzene rings is 2. The Morgan fingerprint density at radius 1 is 1.10 bits per heavy atom. The first-order valence-corrected chi connectivity index (χ1v) is 11.7. The van der Waals surface area contributed by atoms with Gasteiger partial charge in [0, 0.05) is 23.7 Å². The van der Waals surface area contributed by atoms with E-state index in [1.165, 1.54) is 22.7 Å². The van der Waals surface area contributed by atoms with Crippen LogP contribution in [0.3, 0.4) is 0 Å². The van der Waals surface area contributed by atoms with E-state index in [4.69, 9.17) is 20.8 Å². The zero-order valence-electron chi connectivity index (χ0n) is 16.6. The number of aromatic nitrogens is 1. The second-order valence-corrected chi connectivity index (χ2v) is 9.62. The predicted molar refractivity (Wildman–Crippen MR) is 115 cm³/mol. The maximum Gasteiger partial charge on any atom is 0.309 e. The smallest absolute Gasteiger partial charge is 0.309 e. The quantitative estimate of drug-likeness (QED) is 0.513. The third-order valence-electron chi connectivity index (χ3n) is 5.17. The van der Waals surface area contributed by atoms with Crippen LogP contribution in [0.5, 0.6) is 0 Å². The zero-order valence-corrected chi connectivity index (χ0v) is 18.2. The number of carbonyl (C=O) groups is 1. The maximum absolute atomic E-state index is 12.8. The molecule has 1 aliphatic heterocycles. The number of piperidine rings is 1. The monoisotopic (exact) mass is 460 g/mol. The lowest BCUT2D eigenvalue weighted by Crippen LogP contribution is -2.40. The van der Waals surface area contributed by atoms with Crippen LogP contribution in [0, 0.1) is 5.92 Å². The SMILES string of the molecule is O=C(OCc1coc(-c2ccccc2)n1)C1CCN(S(=O)(=O)c2ccc(Cl)cc2)CC1. The standard InChI is InChI=1S/C22H21ClN2O5S/c23-18-6-8-20(9-7-18)31(27,28)25-12-10-17(11-13-25)22(26)30-15-19-14-29-21(24-19)16-4-2-1-3-5-16/h1-9,14,17H,10-13,15H2. The van der Waals surface area contributed by atoms with E-state index < -0.39 is 10.0 Å². The van der Waals surface area contributed by atoms with Crippen LogP contribution < -0.4 is 0 Å². The Kier molecular flexibility index (Phi) is 6.41. The highest BCUT2D eigenvalue weighted by molar-refractivity contribution is 7.89. The van der Waals surface area contributed by atoms with Gasteiger partial charge in [-0.15, -0.1) is 0 Å². The minimum atomic E-state index is -3.61. The lowest BCUT2D eigenvalue weighted by Gasteiger charge is -2.30. The lowest BCUT2D eigenvalue weighted by molar-refractivity contribution is -0.151. The topological polar surface area (TPSA) is 89.7 Å². The highest BCUT2D eigenvalue weighted by atomic mass is 35.5. The lowest BCUT2D eigenvalue weighted by atomic mass is 9.98. The minimum Gasteiger partial charge on any atom is -0.459 e. The first-order valence-electron chi connectivity index (χ1n) is 9.85. The summed E-state index contributed by atoms with van der Waals surface area (Å²) in [6.07, 6.45) is 2.27. The highest BCUT2D eigenvalue weighted by Crippen LogP contribution is 2.26. The molecule has 0 amide bonds. The van der Waals surface area contributed by atoms with Crippen LogP contribution in [0.2, 0.25) is 5.02 Å². The molecule has 0 radical (unpaired) electrons. The maximum atomic E-state index is 12.8. The summed E-state index contributed by atoms with van der Waals surface area (Å²) in [5, 5.41) is 0.475. The molecule has 0 unspecified atom stereocenters. The van der Waals surface area contributed by atoms with Crippen molar-refractivity contribution in [1.82, 2.24) is 9.29 Å². The first kappa shape index (κ1) is 21.5. The molecule has 3 aromatic rings. The number of hydrogen-bond acceptors (Lipinski definition) is 6. The predicted octanol–water partition coefficient (Wildman–Crippen LogP) is 4.14. The molecule has 9 heteroatoms. The van der Waals surface area contributed by atoms with Crippen molar-refractivity contribution in [2.24, 2.45) is 5.92 Å². The normalized spacial score (nSPS) is 15.6. The second kappa shape index (κ2) is 9.21. The van der Waals surface area contributed by atoms with Crippen molar-refractivity contribution in [2.75, 3.05) is 13.1 Å². The number of oxazole rings is 1. The van der Waals surface area contributed by atoms with Gasteiger partial charge in [-0.25, -0.2) is 13.4 Å². The number of rotatable bonds is 6. The molecule has 1 aromatic heterocycles. The summed E-state index contributed by atoms with van der Waals surface area (Å²) in [5.74, 6) is -0.239. The van der Waals surface area contributed by atoms with Gasteiger partial charge in [0.15, 0.2) is 0 Å². The third kappa shape index (κ3) is 4.98. The molecule has 0 spiro atoms. The first-order chi connectivity index (χ1) is 14.9. The number of esters is 1. The molecule has 0 aliphatic carbocycles. The molecule has 2 aromatic carbocycles. The van der Waals surface area contributed by atoms with Gasteiger partial charge in [-0.1, -0.05) is 29.8 Å². The van der Waals surface area contributed by atoms with Crippen LogP contribution in [0.15, 0.2) is 70.2 Å². The van der Waals surface area contributed by atoms with Gasteiger partial charge in [0.1, 0.15) is 18.6 Å². The average molecular weight is 461 g/mol. The zero-order chi connectivity index (χ0) is 21.8. The average Bonchev–Trinajstić information content (AvgIpc) is 3.27. The molecule has 2 heterocycles. The van der Waals surface area contributed by atoms with Crippen molar-refractivity contribution in [2.45, 2.75) is 24.3 Å². The van der Waals surface area contributed by atoms with Crippen molar-refractivity contribution in [3.05, 3.63) is 71.6 Å². The van der Waals surface area contributed by atoms with Gasteiger partial charge in [0.05, 0.1) is 10.8 Å².